The smallest absolute Gasteiger partial charge is 0.307 e. The van der Waals surface area contributed by atoms with E-state index in [-0.39, 0.29) is 16.4 Å². The molecule has 142 valence electrons. The van der Waals surface area contributed by atoms with Crippen LogP contribution >= 0.6 is 23.2 Å². The first-order valence-corrected chi connectivity index (χ1v) is 10.4. The molecule has 27 heavy (non-hydrogen) atoms. The maximum Gasteiger partial charge on any atom is 0.307 e. The molecular formula is C19H17Cl2NO4S. The summed E-state index contributed by atoms with van der Waals surface area (Å²) in [6, 6.07) is 5.13. The molecule has 0 atom stereocenters. The Morgan fingerprint density at radius 3 is 2.70 bits per heavy atom. The summed E-state index contributed by atoms with van der Waals surface area (Å²) >= 11 is 12.3. The number of pyridine rings is 1. The van der Waals surface area contributed by atoms with Gasteiger partial charge in [0.25, 0.3) is 0 Å². The van der Waals surface area contributed by atoms with Crippen molar-refractivity contribution in [2.45, 2.75) is 31.2 Å². The fourth-order valence-electron chi connectivity index (χ4n) is 3.15. The van der Waals surface area contributed by atoms with E-state index in [9.17, 15) is 18.3 Å². The molecule has 0 unspecified atom stereocenters. The van der Waals surface area contributed by atoms with Gasteiger partial charge in [0, 0.05) is 16.3 Å². The monoisotopic (exact) mass is 425 g/mol. The van der Waals surface area contributed by atoms with Crippen LogP contribution in [0.3, 0.4) is 0 Å². The normalized spacial score (nSPS) is 21.4. The Morgan fingerprint density at radius 2 is 2.00 bits per heavy atom. The highest BCUT2D eigenvalue weighted by atomic mass is 35.5. The van der Waals surface area contributed by atoms with Gasteiger partial charge >= 0.3 is 5.97 Å². The van der Waals surface area contributed by atoms with E-state index in [2.05, 4.69) is 0 Å². The van der Waals surface area contributed by atoms with Crippen molar-refractivity contribution in [2.75, 3.05) is 0 Å². The fourth-order valence-corrected chi connectivity index (χ4v) is 5.48. The lowest BCUT2D eigenvalue weighted by Crippen LogP contribution is -2.09. The minimum absolute atomic E-state index is 0.0198. The second-order valence-corrected chi connectivity index (χ2v) is 8.99. The van der Waals surface area contributed by atoms with Crippen molar-refractivity contribution >= 4 is 44.5 Å². The number of allylic oxidation sites excluding steroid dienone is 5. The molecule has 1 aliphatic rings. The number of fused-ring (bicyclic) bond motifs is 1. The molecule has 0 aliphatic heterocycles. The van der Waals surface area contributed by atoms with Crippen LogP contribution < -0.4 is 0 Å². The Balaban J connectivity index is 2.31. The average molecular weight is 426 g/mol. The fraction of sp³-hybridized carbons (Fsp3) is 0.211. The second kappa shape index (κ2) is 7.54. The average Bonchev–Trinajstić information content (AvgIpc) is 2.85. The quantitative estimate of drug-likeness (QED) is 0.777. The first-order chi connectivity index (χ1) is 12.7. The minimum Gasteiger partial charge on any atom is -0.481 e. The Kier molecular flexibility index (Phi) is 5.51. The third kappa shape index (κ3) is 3.83. The predicted molar refractivity (Wildman–Crippen MR) is 106 cm³/mol. The zero-order chi connectivity index (χ0) is 19.8. The number of hydrogen-bond donors (Lipinski definition) is 1. The summed E-state index contributed by atoms with van der Waals surface area (Å²) in [7, 11) is -3.99. The number of aromatic nitrogens is 1. The standard InChI is InChI=1S/C19H17Cl2NO4S/c1-12-16(11-18(23)24)17-7-2-3-8-22(17)19(12)27(25,26)15-9-13(20)5-4-6-14(21)10-15/h2-3,5,7-10H,4,6,11H2,1H3,(H,23,24)/b13-5+,14-10+,15-9+. The maximum atomic E-state index is 13.5. The molecule has 5 nitrogen and oxygen atoms in total. The van der Waals surface area contributed by atoms with Crippen LogP contribution in [0.2, 0.25) is 0 Å². The molecule has 0 bridgehead atoms. The number of rotatable bonds is 4. The lowest BCUT2D eigenvalue weighted by Gasteiger charge is -2.10. The number of carbonyl (C=O) groups is 1. The van der Waals surface area contributed by atoms with Gasteiger partial charge in [0.15, 0.2) is 0 Å². The third-order valence-electron chi connectivity index (χ3n) is 4.36. The molecule has 0 aromatic carbocycles. The van der Waals surface area contributed by atoms with Gasteiger partial charge in [-0.05, 0) is 55.2 Å². The Bertz CT molecular complexity index is 1120. The topological polar surface area (TPSA) is 75.8 Å². The van der Waals surface area contributed by atoms with Crippen LogP contribution in [0.1, 0.15) is 24.0 Å². The lowest BCUT2D eigenvalue weighted by atomic mass is 10.1. The van der Waals surface area contributed by atoms with E-state index in [0.717, 1.165) is 0 Å². The van der Waals surface area contributed by atoms with E-state index in [0.29, 0.717) is 39.5 Å². The zero-order valence-corrected chi connectivity index (χ0v) is 16.8. The molecule has 2 aromatic rings. The molecule has 0 fully saturated rings. The largest absolute Gasteiger partial charge is 0.481 e. The first-order valence-electron chi connectivity index (χ1n) is 8.20. The molecule has 0 saturated carbocycles. The van der Waals surface area contributed by atoms with Crippen LogP contribution in [0.5, 0.6) is 0 Å². The van der Waals surface area contributed by atoms with E-state index in [1.54, 1.807) is 37.4 Å². The van der Waals surface area contributed by atoms with Gasteiger partial charge in [-0.1, -0.05) is 35.3 Å². The highest BCUT2D eigenvalue weighted by molar-refractivity contribution is 7.95. The van der Waals surface area contributed by atoms with E-state index >= 15 is 0 Å². The Hall–Kier alpha value is -2.02. The summed E-state index contributed by atoms with van der Waals surface area (Å²) in [5.74, 6) is -1.03. The van der Waals surface area contributed by atoms with Gasteiger partial charge in [0.2, 0.25) is 9.84 Å². The third-order valence-corrected chi connectivity index (χ3v) is 6.79. The molecule has 0 amide bonds. The number of carboxylic acids is 1. The highest BCUT2D eigenvalue weighted by Gasteiger charge is 2.29. The number of nitrogens with zero attached hydrogens (tertiary/aromatic N) is 1. The van der Waals surface area contributed by atoms with Crippen molar-refractivity contribution in [3.8, 4) is 0 Å². The van der Waals surface area contributed by atoms with E-state index in [1.165, 1.54) is 16.6 Å². The molecule has 1 aliphatic carbocycles. The molecule has 8 heteroatoms. The van der Waals surface area contributed by atoms with Gasteiger partial charge in [-0.25, -0.2) is 8.42 Å². The van der Waals surface area contributed by atoms with E-state index < -0.39 is 15.8 Å². The number of aliphatic carboxylic acids is 1. The highest BCUT2D eigenvalue weighted by Crippen LogP contribution is 2.33. The van der Waals surface area contributed by atoms with Crippen LogP contribution in [0, 0.1) is 6.92 Å². The molecule has 0 spiro atoms. The summed E-state index contributed by atoms with van der Waals surface area (Å²) in [6.07, 6.45) is 6.93. The minimum atomic E-state index is -3.99. The Morgan fingerprint density at radius 1 is 1.26 bits per heavy atom. The van der Waals surface area contributed by atoms with Crippen LogP contribution in [0.25, 0.3) is 5.52 Å². The van der Waals surface area contributed by atoms with Crippen molar-refractivity contribution in [3.63, 3.8) is 0 Å². The molecular weight excluding hydrogens is 409 g/mol. The van der Waals surface area contributed by atoms with Gasteiger partial charge in [-0.15, -0.1) is 0 Å². The van der Waals surface area contributed by atoms with E-state index in [1.807, 2.05) is 0 Å². The van der Waals surface area contributed by atoms with Crippen LogP contribution in [0.15, 0.2) is 62.6 Å². The van der Waals surface area contributed by atoms with Crippen LogP contribution in [-0.2, 0) is 21.1 Å². The molecule has 0 saturated heterocycles. The Labute approximate surface area is 167 Å². The number of halogens is 2. The molecule has 0 radical (unpaired) electrons. The molecule has 1 N–H and O–H groups in total. The maximum absolute atomic E-state index is 13.5. The summed E-state index contributed by atoms with van der Waals surface area (Å²) < 4.78 is 28.4. The molecule has 2 aromatic heterocycles. The van der Waals surface area contributed by atoms with Gasteiger partial charge in [0.05, 0.1) is 16.8 Å². The van der Waals surface area contributed by atoms with Gasteiger partial charge in [0.1, 0.15) is 5.03 Å². The van der Waals surface area contributed by atoms with Crippen molar-refractivity contribution in [1.82, 2.24) is 4.40 Å². The molecule has 3 rings (SSSR count). The van der Waals surface area contributed by atoms with Gasteiger partial charge < -0.3 is 9.51 Å². The lowest BCUT2D eigenvalue weighted by molar-refractivity contribution is -0.136. The van der Waals surface area contributed by atoms with Crippen LogP contribution in [-0.4, -0.2) is 23.9 Å². The van der Waals surface area contributed by atoms with E-state index in [4.69, 9.17) is 23.2 Å². The summed E-state index contributed by atoms with van der Waals surface area (Å²) in [5, 5.41) is 9.98. The van der Waals surface area contributed by atoms with Crippen molar-refractivity contribution < 1.29 is 18.3 Å². The number of carboxylic acid groups (broad SMARTS) is 1. The number of hydrogen-bond acceptors (Lipinski definition) is 3. The predicted octanol–water partition coefficient (Wildman–Crippen LogP) is 4.57. The second-order valence-electron chi connectivity index (χ2n) is 6.20. The van der Waals surface area contributed by atoms with Crippen LogP contribution in [0.4, 0.5) is 0 Å². The zero-order valence-electron chi connectivity index (χ0n) is 14.4. The number of sulfone groups is 1. The van der Waals surface area contributed by atoms with Gasteiger partial charge in [-0.2, -0.15) is 0 Å². The molecule has 2 heterocycles. The summed E-state index contributed by atoms with van der Waals surface area (Å²) in [6.45, 7) is 1.62. The van der Waals surface area contributed by atoms with Gasteiger partial charge in [-0.3, -0.25) is 4.79 Å². The van der Waals surface area contributed by atoms with Crippen molar-refractivity contribution in [2.24, 2.45) is 0 Å². The SMILES string of the molecule is Cc1c(CC(=O)O)c2ccccn2c1S(=O)(=O)C1=C/C(Cl)=C\CC/C(Cl)=C\1. The summed E-state index contributed by atoms with van der Waals surface area (Å²) in [4.78, 5) is 11.2. The van der Waals surface area contributed by atoms with Crippen molar-refractivity contribution in [1.29, 1.82) is 0 Å². The summed E-state index contributed by atoms with van der Waals surface area (Å²) in [5.41, 5.74) is 1.40. The first kappa shape index (κ1) is 19.7. The van der Waals surface area contributed by atoms with Crippen molar-refractivity contribution in [3.05, 3.63) is 68.7 Å².